The summed E-state index contributed by atoms with van der Waals surface area (Å²) in [7, 11) is 2.08. The number of rotatable bonds is 2. The molecule has 6 rings (SSSR count). The third kappa shape index (κ3) is 2.84. The number of alkyl halides is 3. The molecule has 1 aliphatic heterocycles. The number of pyridine rings is 1. The Morgan fingerprint density at radius 2 is 1.74 bits per heavy atom. The van der Waals surface area contributed by atoms with E-state index in [0.717, 1.165) is 29.4 Å². The second-order valence-electron chi connectivity index (χ2n) is 8.64. The maximum absolute atomic E-state index is 14.9. The number of fused-ring (bicyclic) bond motifs is 3. The minimum absolute atomic E-state index is 0.0122. The molecular weight excluding hydrogens is 412 g/mol. The summed E-state index contributed by atoms with van der Waals surface area (Å²) in [6.07, 6.45) is 0.173. The first-order chi connectivity index (χ1) is 14.7. The summed E-state index contributed by atoms with van der Waals surface area (Å²) in [5.41, 5.74) is 0.493. The average molecular weight is 430 g/mol. The second-order valence-corrected chi connectivity index (χ2v) is 8.64. The van der Waals surface area contributed by atoms with Gasteiger partial charge in [-0.3, -0.25) is 0 Å². The molecule has 1 saturated carbocycles. The highest BCUT2D eigenvalue weighted by Crippen LogP contribution is 2.57. The normalized spacial score (nSPS) is 23.7. The van der Waals surface area contributed by atoms with Crippen LogP contribution in [-0.4, -0.2) is 49.0 Å². The Labute approximate surface area is 174 Å². The van der Waals surface area contributed by atoms with Crippen LogP contribution in [0.4, 0.5) is 17.6 Å². The predicted molar refractivity (Wildman–Crippen MR) is 104 cm³/mol. The number of nitrogens with zero attached hydrogens (tertiary/aromatic N) is 6. The van der Waals surface area contributed by atoms with Crippen molar-refractivity contribution >= 4 is 11.3 Å². The summed E-state index contributed by atoms with van der Waals surface area (Å²) in [6, 6.07) is 2.10. The third-order valence-corrected chi connectivity index (χ3v) is 6.39. The Morgan fingerprint density at radius 1 is 1.00 bits per heavy atom. The van der Waals surface area contributed by atoms with Crippen LogP contribution in [0.5, 0.6) is 0 Å². The van der Waals surface area contributed by atoms with Crippen LogP contribution in [0.1, 0.15) is 22.9 Å². The van der Waals surface area contributed by atoms with Crippen molar-refractivity contribution in [2.45, 2.75) is 19.0 Å². The summed E-state index contributed by atoms with van der Waals surface area (Å²) in [5, 5.41) is 4.25. The largest absolute Gasteiger partial charge is 0.420 e. The van der Waals surface area contributed by atoms with Crippen LogP contribution >= 0.6 is 0 Å². The summed E-state index contributed by atoms with van der Waals surface area (Å²) >= 11 is 0. The van der Waals surface area contributed by atoms with Gasteiger partial charge < -0.3 is 9.30 Å². The van der Waals surface area contributed by atoms with Crippen molar-refractivity contribution in [3.8, 4) is 11.3 Å². The lowest BCUT2D eigenvalue weighted by Gasteiger charge is -2.11. The summed E-state index contributed by atoms with van der Waals surface area (Å²) < 4.78 is 58.4. The molecule has 2 fully saturated rings. The van der Waals surface area contributed by atoms with Gasteiger partial charge in [0.25, 0.3) is 0 Å². The van der Waals surface area contributed by atoms with Crippen LogP contribution < -0.4 is 0 Å². The van der Waals surface area contributed by atoms with E-state index in [1.54, 1.807) is 23.7 Å². The molecule has 160 valence electrons. The first-order valence-corrected chi connectivity index (χ1v) is 10.0. The minimum Gasteiger partial charge on any atom is -0.306 e. The van der Waals surface area contributed by atoms with Crippen molar-refractivity contribution in [1.82, 2.24) is 28.9 Å². The quantitative estimate of drug-likeness (QED) is 0.454. The number of aromatic nitrogens is 5. The van der Waals surface area contributed by atoms with Gasteiger partial charge in [0.2, 0.25) is 0 Å². The molecule has 4 aromatic rings. The van der Waals surface area contributed by atoms with Crippen LogP contribution in [0.25, 0.3) is 22.6 Å². The van der Waals surface area contributed by atoms with E-state index in [1.165, 1.54) is 12.3 Å². The molecule has 6 nitrogen and oxygen atoms in total. The van der Waals surface area contributed by atoms with Gasteiger partial charge in [0, 0.05) is 37.0 Å². The molecule has 5 heterocycles. The molecule has 1 aliphatic carbocycles. The van der Waals surface area contributed by atoms with Gasteiger partial charge in [0.1, 0.15) is 5.56 Å². The SMILES string of the molecule is Cc1cn2nc(-c3cc(F)c4nc(C5[C@H]6CN(C)C[C@@H]56)cn4c3)cc(C(F)(F)F)c2n1. The van der Waals surface area contributed by atoms with Gasteiger partial charge in [-0.2, -0.15) is 18.3 Å². The van der Waals surface area contributed by atoms with Crippen LogP contribution in [0.2, 0.25) is 0 Å². The van der Waals surface area contributed by atoms with E-state index < -0.39 is 17.6 Å². The molecule has 0 amide bonds. The fraction of sp³-hybridized carbons (Fsp3) is 0.381. The topological polar surface area (TPSA) is 50.7 Å². The lowest BCUT2D eigenvalue weighted by Crippen LogP contribution is -2.18. The maximum atomic E-state index is 14.9. The van der Waals surface area contributed by atoms with Crippen LogP contribution in [0.15, 0.2) is 30.7 Å². The zero-order valence-electron chi connectivity index (χ0n) is 16.7. The molecule has 0 spiro atoms. The molecule has 0 bridgehead atoms. The number of likely N-dealkylation sites (tertiary alicyclic amines) is 1. The molecule has 31 heavy (non-hydrogen) atoms. The first-order valence-electron chi connectivity index (χ1n) is 10.0. The molecule has 3 atom stereocenters. The van der Waals surface area contributed by atoms with E-state index in [-0.39, 0.29) is 22.6 Å². The molecule has 0 aromatic carbocycles. The monoisotopic (exact) mass is 430 g/mol. The minimum atomic E-state index is -4.61. The number of aryl methyl sites for hydroxylation is 1. The average Bonchev–Trinajstić information content (AvgIpc) is 3.07. The summed E-state index contributed by atoms with van der Waals surface area (Å²) in [6.45, 7) is 3.61. The van der Waals surface area contributed by atoms with Crippen molar-refractivity contribution in [2.75, 3.05) is 20.1 Å². The highest BCUT2D eigenvalue weighted by atomic mass is 19.4. The molecular formula is C21H18F4N6. The van der Waals surface area contributed by atoms with Crippen molar-refractivity contribution in [2.24, 2.45) is 11.8 Å². The van der Waals surface area contributed by atoms with Crippen LogP contribution in [0.3, 0.4) is 0 Å². The number of hydrogen-bond acceptors (Lipinski definition) is 4. The molecule has 1 unspecified atom stereocenters. The third-order valence-electron chi connectivity index (χ3n) is 6.39. The molecule has 2 aliphatic rings. The van der Waals surface area contributed by atoms with E-state index >= 15 is 0 Å². The molecule has 10 heteroatoms. The predicted octanol–water partition coefficient (Wildman–Crippen LogP) is 3.79. The fourth-order valence-electron chi connectivity index (χ4n) is 4.99. The van der Waals surface area contributed by atoms with Crippen molar-refractivity contribution in [1.29, 1.82) is 0 Å². The highest BCUT2D eigenvalue weighted by molar-refractivity contribution is 5.65. The van der Waals surface area contributed by atoms with Gasteiger partial charge >= 0.3 is 6.18 Å². The Balaban J connectivity index is 1.45. The number of halogens is 4. The van der Waals surface area contributed by atoms with E-state index in [9.17, 15) is 17.6 Å². The van der Waals surface area contributed by atoms with E-state index in [2.05, 4.69) is 27.0 Å². The smallest absolute Gasteiger partial charge is 0.306 e. The van der Waals surface area contributed by atoms with Crippen molar-refractivity contribution in [3.63, 3.8) is 0 Å². The summed E-state index contributed by atoms with van der Waals surface area (Å²) in [4.78, 5) is 10.7. The van der Waals surface area contributed by atoms with E-state index in [4.69, 9.17) is 0 Å². The standard InChI is InChI=1S/C21H18F4N6/c1-10-5-31-19(26-10)14(21(23,24)25)4-16(28-31)11-3-15(22)20-27-17(9-30(20)6-11)18-12-7-29(2)8-13(12)18/h3-6,9,12-13,18H,7-8H2,1-2H3/t12-,13+,18?. The van der Waals surface area contributed by atoms with E-state index in [0.29, 0.717) is 23.4 Å². The van der Waals surface area contributed by atoms with Gasteiger partial charge in [-0.15, -0.1) is 0 Å². The van der Waals surface area contributed by atoms with Gasteiger partial charge in [-0.1, -0.05) is 0 Å². The lowest BCUT2D eigenvalue weighted by atomic mass is 10.1. The van der Waals surface area contributed by atoms with Gasteiger partial charge in [-0.25, -0.2) is 18.9 Å². The second kappa shape index (κ2) is 6.03. The fourth-order valence-corrected chi connectivity index (χ4v) is 4.99. The number of imidazole rings is 2. The first kappa shape index (κ1) is 18.7. The Morgan fingerprint density at radius 3 is 2.45 bits per heavy atom. The zero-order valence-corrected chi connectivity index (χ0v) is 16.7. The maximum Gasteiger partial charge on any atom is 0.420 e. The zero-order chi connectivity index (χ0) is 21.7. The molecule has 1 saturated heterocycles. The van der Waals surface area contributed by atoms with Crippen molar-refractivity contribution in [3.05, 3.63) is 53.5 Å². The summed E-state index contributed by atoms with van der Waals surface area (Å²) in [5.74, 6) is 0.809. The Kier molecular flexibility index (Phi) is 3.64. The number of hydrogen-bond donors (Lipinski definition) is 0. The van der Waals surface area contributed by atoms with Gasteiger partial charge in [0.15, 0.2) is 17.1 Å². The molecule has 4 aromatic heterocycles. The van der Waals surface area contributed by atoms with Crippen molar-refractivity contribution < 1.29 is 17.6 Å². The van der Waals surface area contributed by atoms with Crippen LogP contribution in [-0.2, 0) is 6.18 Å². The van der Waals surface area contributed by atoms with Gasteiger partial charge in [-0.05, 0) is 37.9 Å². The van der Waals surface area contributed by atoms with Crippen LogP contribution in [0, 0.1) is 24.6 Å². The number of piperidine rings is 1. The molecule has 0 N–H and O–H groups in total. The lowest BCUT2D eigenvalue weighted by molar-refractivity contribution is -0.136. The Hall–Kier alpha value is -3.01. The molecule has 0 radical (unpaired) electrons. The Bertz CT molecular complexity index is 1340. The highest BCUT2D eigenvalue weighted by Gasteiger charge is 2.56. The van der Waals surface area contributed by atoms with E-state index in [1.807, 2.05) is 0 Å². The van der Waals surface area contributed by atoms with Gasteiger partial charge in [0.05, 0.1) is 23.3 Å².